The van der Waals surface area contributed by atoms with Crippen LogP contribution in [0.4, 0.5) is 5.69 Å². The zero-order chi connectivity index (χ0) is 21.1. The second-order valence-electron chi connectivity index (χ2n) is 6.21. The Balaban J connectivity index is 1.81. The number of hydrogen-bond donors (Lipinski definition) is 1. The normalized spacial score (nSPS) is 12.1. The lowest BCUT2D eigenvalue weighted by atomic mass is 10.00. The maximum Gasteiger partial charge on any atom is 0.272 e. The van der Waals surface area contributed by atoms with Crippen molar-refractivity contribution >= 4 is 29.1 Å². The molecule has 0 aliphatic rings. The van der Waals surface area contributed by atoms with Crippen LogP contribution in [0.3, 0.4) is 0 Å². The highest BCUT2D eigenvalue weighted by Gasteiger charge is 2.28. The fourth-order valence-electron chi connectivity index (χ4n) is 3.09. The molecule has 4 rings (SSSR count). The fraction of sp³-hybridized carbons (Fsp3) is 0.158. The van der Waals surface area contributed by atoms with E-state index in [1.807, 2.05) is 19.1 Å². The lowest BCUT2D eigenvalue weighted by molar-refractivity contribution is -0.385. The Morgan fingerprint density at radius 2 is 2.13 bits per heavy atom. The number of aromatic amines is 1. The number of benzene rings is 2. The second kappa shape index (κ2) is 8.64. The molecule has 11 heteroatoms. The van der Waals surface area contributed by atoms with E-state index in [9.17, 15) is 10.1 Å². The molecule has 2 aromatic heterocycles. The van der Waals surface area contributed by atoms with E-state index in [1.54, 1.807) is 24.3 Å². The van der Waals surface area contributed by atoms with E-state index >= 15 is 0 Å². The summed E-state index contributed by atoms with van der Waals surface area (Å²) >= 11 is 7.36. The van der Waals surface area contributed by atoms with E-state index in [-0.39, 0.29) is 10.6 Å². The third-order valence-corrected chi connectivity index (χ3v) is 5.75. The van der Waals surface area contributed by atoms with Crippen LogP contribution in [0.2, 0.25) is 5.02 Å². The average Bonchev–Trinajstić information content (AvgIpc) is 3.43. The number of H-pyrrole nitrogens is 1. The van der Waals surface area contributed by atoms with Crippen LogP contribution in [0.15, 0.2) is 58.5 Å². The van der Waals surface area contributed by atoms with Crippen molar-refractivity contribution in [2.45, 2.75) is 23.8 Å². The number of rotatable bonds is 7. The molecule has 0 saturated carbocycles. The van der Waals surface area contributed by atoms with E-state index in [2.05, 4.69) is 25.3 Å². The molecule has 1 unspecified atom stereocenters. The van der Waals surface area contributed by atoms with E-state index in [4.69, 9.17) is 16.1 Å². The van der Waals surface area contributed by atoms with Crippen molar-refractivity contribution in [3.63, 3.8) is 0 Å². The predicted octanol–water partition coefficient (Wildman–Crippen LogP) is 4.86. The summed E-state index contributed by atoms with van der Waals surface area (Å²) < 4.78 is 5.47. The zero-order valence-corrected chi connectivity index (χ0v) is 17.2. The Labute approximate surface area is 180 Å². The van der Waals surface area contributed by atoms with Crippen molar-refractivity contribution in [2.24, 2.45) is 0 Å². The third kappa shape index (κ3) is 4.05. The molecule has 0 radical (unpaired) electrons. The first-order chi connectivity index (χ1) is 14.6. The van der Waals surface area contributed by atoms with Gasteiger partial charge in [0.25, 0.3) is 11.6 Å². The van der Waals surface area contributed by atoms with Crippen molar-refractivity contribution in [3.05, 3.63) is 80.9 Å². The number of nitrogens with one attached hydrogen (secondary N) is 1. The summed E-state index contributed by atoms with van der Waals surface area (Å²) in [5.41, 5.74) is 2.05. The van der Waals surface area contributed by atoms with Crippen molar-refractivity contribution in [1.29, 1.82) is 0 Å². The van der Waals surface area contributed by atoms with Gasteiger partial charge in [0.05, 0.1) is 4.92 Å². The fourth-order valence-corrected chi connectivity index (χ4v) is 4.27. The molecule has 0 spiro atoms. The highest BCUT2D eigenvalue weighted by atomic mass is 35.5. The lowest BCUT2D eigenvalue weighted by Crippen LogP contribution is -2.06. The van der Waals surface area contributed by atoms with Crippen LogP contribution in [-0.2, 0) is 6.42 Å². The summed E-state index contributed by atoms with van der Waals surface area (Å²) in [4.78, 5) is 19.9. The van der Waals surface area contributed by atoms with Crippen LogP contribution in [0, 0.1) is 10.1 Å². The highest BCUT2D eigenvalue weighted by molar-refractivity contribution is 7.99. The molecular formula is C19H15ClN6O3S. The van der Waals surface area contributed by atoms with Crippen molar-refractivity contribution in [1.82, 2.24) is 25.3 Å². The molecule has 0 amide bonds. The van der Waals surface area contributed by atoms with Crippen molar-refractivity contribution in [2.75, 3.05) is 0 Å². The predicted molar refractivity (Wildman–Crippen MR) is 111 cm³/mol. The maximum absolute atomic E-state index is 11.5. The van der Waals surface area contributed by atoms with Crippen LogP contribution >= 0.6 is 23.4 Å². The molecule has 0 aliphatic heterocycles. The van der Waals surface area contributed by atoms with Gasteiger partial charge in [0.15, 0.2) is 11.0 Å². The van der Waals surface area contributed by atoms with Gasteiger partial charge in [-0.3, -0.25) is 15.2 Å². The smallest absolute Gasteiger partial charge is 0.272 e. The lowest BCUT2D eigenvalue weighted by Gasteiger charge is -2.15. The summed E-state index contributed by atoms with van der Waals surface area (Å²) in [6.45, 7) is 1.87. The first-order valence-corrected chi connectivity index (χ1v) is 10.2. The SMILES string of the molecule is CCc1c(C(Sc2ncn[nH]2)c2noc(-c3cccc(Cl)c3)n2)cccc1[N+](=O)[O-]. The number of thioether (sulfide) groups is 1. The number of halogens is 1. The quantitative estimate of drug-likeness (QED) is 0.244. The third-order valence-electron chi connectivity index (χ3n) is 4.39. The van der Waals surface area contributed by atoms with Gasteiger partial charge in [-0.05, 0) is 30.2 Å². The number of hydrogen-bond acceptors (Lipinski definition) is 8. The number of nitro groups is 1. The molecule has 1 atom stereocenters. The summed E-state index contributed by atoms with van der Waals surface area (Å²) in [6, 6.07) is 12.0. The van der Waals surface area contributed by atoms with Crippen LogP contribution < -0.4 is 0 Å². The Morgan fingerprint density at radius 3 is 2.83 bits per heavy atom. The minimum Gasteiger partial charge on any atom is -0.334 e. The van der Waals surface area contributed by atoms with Crippen molar-refractivity contribution in [3.8, 4) is 11.5 Å². The largest absolute Gasteiger partial charge is 0.334 e. The van der Waals surface area contributed by atoms with Crippen LogP contribution in [-0.4, -0.2) is 30.2 Å². The molecule has 152 valence electrons. The van der Waals surface area contributed by atoms with Gasteiger partial charge >= 0.3 is 0 Å². The minimum absolute atomic E-state index is 0.0525. The highest BCUT2D eigenvalue weighted by Crippen LogP contribution is 2.41. The van der Waals surface area contributed by atoms with E-state index < -0.39 is 5.25 Å². The molecule has 2 aromatic carbocycles. The van der Waals surface area contributed by atoms with Gasteiger partial charge in [0.1, 0.15) is 11.6 Å². The molecule has 4 aromatic rings. The average molecular weight is 443 g/mol. The van der Waals surface area contributed by atoms with Gasteiger partial charge in [-0.25, -0.2) is 4.98 Å². The molecule has 0 bridgehead atoms. The van der Waals surface area contributed by atoms with Crippen LogP contribution in [0.5, 0.6) is 0 Å². The molecule has 0 aliphatic carbocycles. The molecule has 0 saturated heterocycles. The molecule has 30 heavy (non-hydrogen) atoms. The summed E-state index contributed by atoms with van der Waals surface area (Å²) in [5, 5.41) is 22.9. The van der Waals surface area contributed by atoms with Crippen molar-refractivity contribution < 1.29 is 9.45 Å². The first-order valence-electron chi connectivity index (χ1n) is 8.94. The number of aromatic nitrogens is 5. The monoisotopic (exact) mass is 442 g/mol. The molecular weight excluding hydrogens is 428 g/mol. The summed E-state index contributed by atoms with van der Waals surface area (Å²) in [5.74, 6) is 0.667. The van der Waals surface area contributed by atoms with Gasteiger partial charge in [0, 0.05) is 22.2 Å². The zero-order valence-electron chi connectivity index (χ0n) is 15.7. The Hall–Kier alpha value is -3.24. The van der Waals surface area contributed by atoms with E-state index in [1.165, 1.54) is 24.2 Å². The first kappa shape index (κ1) is 20.0. The van der Waals surface area contributed by atoms with Gasteiger partial charge in [-0.1, -0.05) is 53.6 Å². The topological polar surface area (TPSA) is 124 Å². The molecule has 2 heterocycles. The van der Waals surface area contributed by atoms with Crippen LogP contribution in [0.1, 0.15) is 29.1 Å². The summed E-state index contributed by atoms with van der Waals surface area (Å²) in [7, 11) is 0. The standard InChI is InChI=1S/C19H15ClN6O3S/c1-2-13-14(7-4-8-15(13)26(27)28)16(30-19-21-10-22-24-19)17-23-18(29-25-17)11-5-3-6-12(20)9-11/h3-10,16H,2H2,1H3,(H,21,22,24). The van der Waals surface area contributed by atoms with Gasteiger partial charge in [0.2, 0.25) is 0 Å². The Bertz CT molecular complexity index is 1180. The Morgan fingerprint density at radius 1 is 1.30 bits per heavy atom. The molecule has 1 N–H and O–H groups in total. The second-order valence-corrected chi connectivity index (χ2v) is 7.74. The van der Waals surface area contributed by atoms with Gasteiger partial charge in [-0.15, -0.1) is 0 Å². The number of nitrogens with zero attached hydrogens (tertiary/aromatic N) is 5. The van der Waals surface area contributed by atoms with E-state index in [0.717, 1.165) is 0 Å². The summed E-state index contributed by atoms with van der Waals surface area (Å²) in [6.07, 6.45) is 1.86. The van der Waals surface area contributed by atoms with Gasteiger partial charge < -0.3 is 4.52 Å². The van der Waals surface area contributed by atoms with Crippen LogP contribution in [0.25, 0.3) is 11.5 Å². The van der Waals surface area contributed by atoms with E-state index in [0.29, 0.717) is 45.0 Å². The molecule has 9 nitrogen and oxygen atoms in total. The van der Waals surface area contributed by atoms with Gasteiger partial charge in [-0.2, -0.15) is 10.1 Å². The minimum atomic E-state index is -0.496. The molecule has 0 fully saturated rings. The number of nitro benzene ring substituents is 1. The Kier molecular flexibility index (Phi) is 5.77. The maximum atomic E-state index is 11.5.